The van der Waals surface area contributed by atoms with Crippen molar-refractivity contribution in [1.82, 2.24) is 4.90 Å². The van der Waals surface area contributed by atoms with Crippen molar-refractivity contribution in [2.45, 2.75) is 32.7 Å². The van der Waals surface area contributed by atoms with Crippen molar-refractivity contribution in [2.75, 3.05) is 31.1 Å². The van der Waals surface area contributed by atoms with Gasteiger partial charge >= 0.3 is 0 Å². The zero-order valence-electron chi connectivity index (χ0n) is 16.1. The molecule has 0 unspecified atom stereocenters. The molecule has 3 nitrogen and oxygen atoms in total. The van der Waals surface area contributed by atoms with Gasteiger partial charge in [0.05, 0.1) is 0 Å². The first-order valence-electron chi connectivity index (χ1n) is 9.83. The maximum Gasteiger partial charge on any atom is 0.115 e. The summed E-state index contributed by atoms with van der Waals surface area (Å²) in [7, 11) is 0. The van der Waals surface area contributed by atoms with Gasteiger partial charge in [-0.25, -0.2) is 0 Å². The largest absolute Gasteiger partial charge is 0.508 e. The summed E-state index contributed by atoms with van der Waals surface area (Å²) in [6.07, 6.45) is 1.94. The standard InChI is InChI=1S/C23H27BrN2O/c1-16(2)25-11-13-26(14-12-25)19-6-3-17(4-7-19)23-21-9-8-20(27)15-18(21)5-10-22(23)24/h3-4,6-9,15-16,27H,5,10-14H2,1-2H3. The zero-order valence-corrected chi connectivity index (χ0v) is 17.7. The van der Waals surface area contributed by atoms with Crippen molar-refractivity contribution in [3.8, 4) is 5.75 Å². The van der Waals surface area contributed by atoms with Crippen LogP contribution in [0.5, 0.6) is 5.75 Å². The number of phenols is 1. The van der Waals surface area contributed by atoms with Gasteiger partial charge in [-0.3, -0.25) is 4.90 Å². The van der Waals surface area contributed by atoms with Gasteiger partial charge in [-0.15, -0.1) is 0 Å². The number of aryl methyl sites for hydroxylation is 1. The molecule has 4 heteroatoms. The Labute approximate surface area is 170 Å². The van der Waals surface area contributed by atoms with E-state index in [4.69, 9.17) is 0 Å². The van der Waals surface area contributed by atoms with E-state index in [1.54, 1.807) is 6.07 Å². The van der Waals surface area contributed by atoms with E-state index in [2.05, 4.69) is 63.8 Å². The fraction of sp³-hybridized carbons (Fsp3) is 0.391. The molecule has 2 aromatic rings. The third kappa shape index (κ3) is 3.78. The lowest BCUT2D eigenvalue weighted by atomic mass is 9.86. The van der Waals surface area contributed by atoms with Crippen LogP contribution < -0.4 is 4.90 Å². The zero-order chi connectivity index (χ0) is 19.0. The van der Waals surface area contributed by atoms with E-state index in [-0.39, 0.29) is 0 Å². The third-order valence-electron chi connectivity index (χ3n) is 5.81. The molecule has 0 atom stereocenters. The Balaban J connectivity index is 1.56. The molecule has 2 aromatic carbocycles. The van der Waals surface area contributed by atoms with Crippen molar-refractivity contribution in [2.24, 2.45) is 0 Å². The summed E-state index contributed by atoms with van der Waals surface area (Å²) in [5, 5.41) is 9.81. The first-order valence-corrected chi connectivity index (χ1v) is 10.6. The summed E-state index contributed by atoms with van der Waals surface area (Å²) in [5.74, 6) is 0.349. The Kier molecular flexibility index (Phi) is 5.29. The van der Waals surface area contributed by atoms with E-state index < -0.39 is 0 Å². The predicted molar refractivity (Wildman–Crippen MR) is 117 cm³/mol. The van der Waals surface area contributed by atoms with Crippen molar-refractivity contribution < 1.29 is 5.11 Å². The van der Waals surface area contributed by atoms with Crippen LogP contribution >= 0.6 is 15.9 Å². The SMILES string of the molecule is CC(C)N1CCN(c2ccc(C3=C(Br)CCc4cc(O)ccc43)cc2)CC1. The number of fused-ring (bicyclic) bond motifs is 1. The molecule has 0 bridgehead atoms. The highest BCUT2D eigenvalue weighted by Gasteiger charge is 2.21. The lowest BCUT2D eigenvalue weighted by Gasteiger charge is -2.38. The molecule has 1 saturated heterocycles. The number of hydrogen-bond donors (Lipinski definition) is 1. The van der Waals surface area contributed by atoms with Crippen molar-refractivity contribution in [3.05, 3.63) is 63.6 Å². The molecular formula is C23H27BrN2O. The summed E-state index contributed by atoms with van der Waals surface area (Å²) in [4.78, 5) is 5.03. The van der Waals surface area contributed by atoms with Crippen molar-refractivity contribution in [3.63, 3.8) is 0 Å². The number of aromatic hydroxyl groups is 1. The predicted octanol–water partition coefficient (Wildman–Crippen LogP) is 5.02. The maximum atomic E-state index is 9.81. The molecule has 0 aromatic heterocycles. The highest BCUT2D eigenvalue weighted by molar-refractivity contribution is 9.11. The summed E-state index contributed by atoms with van der Waals surface area (Å²) < 4.78 is 1.25. The second-order valence-electron chi connectivity index (χ2n) is 7.78. The molecule has 1 N–H and O–H groups in total. The summed E-state index contributed by atoms with van der Waals surface area (Å²) in [6, 6.07) is 15.3. The Morgan fingerprint density at radius 3 is 2.30 bits per heavy atom. The number of phenolic OH excluding ortho intramolecular Hbond substituents is 1. The van der Waals surface area contributed by atoms with Crippen molar-refractivity contribution >= 4 is 27.2 Å². The van der Waals surface area contributed by atoms with E-state index in [1.807, 2.05) is 12.1 Å². The normalized spacial score (nSPS) is 18.1. The van der Waals surface area contributed by atoms with Gasteiger partial charge in [-0.1, -0.05) is 34.1 Å². The monoisotopic (exact) mass is 426 g/mol. The number of benzene rings is 2. The number of anilines is 1. The van der Waals surface area contributed by atoms with Crippen LogP contribution in [0.2, 0.25) is 0 Å². The molecule has 142 valence electrons. The number of nitrogens with zero attached hydrogens (tertiary/aromatic N) is 2. The number of allylic oxidation sites excluding steroid dienone is 1. The van der Waals surface area contributed by atoms with Crippen LogP contribution in [0, 0.1) is 0 Å². The van der Waals surface area contributed by atoms with Crippen LogP contribution in [0.1, 0.15) is 37.0 Å². The highest BCUT2D eigenvalue weighted by atomic mass is 79.9. The van der Waals surface area contributed by atoms with Gasteiger partial charge in [0, 0.05) is 42.4 Å². The van der Waals surface area contributed by atoms with Crippen LogP contribution in [-0.2, 0) is 6.42 Å². The maximum absolute atomic E-state index is 9.81. The molecule has 2 aliphatic rings. The summed E-state index contributed by atoms with van der Waals surface area (Å²) in [6.45, 7) is 8.99. The van der Waals surface area contributed by atoms with Crippen LogP contribution in [0.3, 0.4) is 0 Å². The molecule has 1 fully saturated rings. The minimum absolute atomic E-state index is 0.349. The fourth-order valence-electron chi connectivity index (χ4n) is 4.19. The number of piperazine rings is 1. The van der Waals surface area contributed by atoms with Gasteiger partial charge in [-0.2, -0.15) is 0 Å². The lowest BCUT2D eigenvalue weighted by Crippen LogP contribution is -2.48. The summed E-state index contributed by atoms with van der Waals surface area (Å²) in [5.41, 5.74) is 6.25. The Morgan fingerprint density at radius 2 is 1.63 bits per heavy atom. The third-order valence-corrected chi connectivity index (χ3v) is 6.60. The minimum atomic E-state index is 0.349. The number of rotatable bonds is 3. The second-order valence-corrected chi connectivity index (χ2v) is 8.74. The number of halogens is 1. The summed E-state index contributed by atoms with van der Waals surface area (Å²) >= 11 is 3.80. The molecule has 1 heterocycles. The van der Waals surface area contributed by atoms with E-state index in [1.165, 1.54) is 32.4 Å². The Bertz CT molecular complexity index is 849. The fourth-order valence-corrected chi connectivity index (χ4v) is 4.83. The molecule has 1 aliphatic carbocycles. The molecular weight excluding hydrogens is 400 g/mol. The van der Waals surface area contributed by atoms with Gasteiger partial charge in [0.15, 0.2) is 0 Å². The Hall–Kier alpha value is -1.78. The van der Waals surface area contributed by atoms with Gasteiger partial charge in [0.1, 0.15) is 5.75 Å². The van der Waals surface area contributed by atoms with Gasteiger partial charge in [0.2, 0.25) is 0 Å². The first kappa shape index (κ1) is 18.6. The average molecular weight is 427 g/mol. The van der Waals surface area contributed by atoms with E-state index in [0.717, 1.165) is 39.0 Å². The van der Waals surface area contributed by atoms with Crippen LogP contribution in [0.15, 0.2) is 46.9 Å². The van der Waals surface area contributed by atoms with Crippen LogP contribution in [-0.4, -0.2) is 42.2 Å². The molecule has 1 aliphatic heterocycles. The van der Waals surface area contributed by atoms with Gasteiger partial charge in [0.25, 0.3) is 0 Å². The molecule has 0 radical (unpaired) electrons. The highest BCUT2D eigenvalue weighted by Crippen LogP contribution is 2.40. The second kappa shape index (κ2) is 7.69. The molecule has 27 heavy (non-hydrogen) atoms. The van der Waals surface area contributed by atoms with Crippen LogP contribution in [0.25, 0.3) is 5.57 Å². The van der Waals surface area contributed by atoms with Crippen LogP contribution in [0.4, 0.5) is 5.69 Å². The lowest BCUT2D eigenvalue weighted by molar-refractivity contribution is 0.209. The molecule has 0 amide bonds. The van der Waals surface area contributed by atoms with E-state index in [9.17, 15) is 5.11 Å². The van der Waals surface area contributed by atoms with E-state index in [0.29, 0.717) is 11.8 Å². The number of hydrogen-bond acceptors (Lipinski definition) is 3. The first-order chi connectivity index (χ1) is 13.0. The quantitative estimate of drug-likeness (QED) is 0.745. The minimum Gasteiger partial charge on any atom is -0.508 e. The average Bonchev–Trinajstić information content (AvgIpc) is 2.68. The smallest absolute Gasteiger partial charge is 0.115 e. The Morgan fingerprint density at radius 1 is 0.926 bits per heavy atom. The van der Waals surface area contributed by atoms with Gasteiger partial charge < -0.3 is 10.0 Å². The molecule has 0 spiro atoms. The van der Waals surface area contributed by atoms with Crippen molar-refractivity contribution in [1.29, 1.82) is 0 Å². The van der Waals surface area contributed by atoms with Gasteiger partial charge in [-0.05, 0) is 73.2 Å². The topological polar surface area (TPSA) is 26.7 Å². The molecule has 4 rings (SSSR count). The van der Waals surface area contributed by atoms with E-state index >= 15 is 0 Å². The molecule has 0 saturated carbocycles.